The lowest BCUT2D eigenvalue weighted by atomic mass is 9.99. The maximum atomic E-state index is 12.8. The van der Waals surface area contributed by atoms with E-state index in [2.05, 4.69) is 0 Å². The van der Waals surface area contributed by atoms with Crippen LogP contribution in [-0.2, 0) is 4.74 Å². The number of phenols is 3. The molecular formula is C22H22O12. The molecule has 12 nitrogen and oxygen atoms in total. The normalized spacial score (nSPS) is 24.8. The molecule has 0 aliphatic carbocycles. The zero-order chi connectivity index (χ0) is 24.7. The fourth-order valence-electron chi connectivity index (χ4n) is 3.63. The van der Waals surface area contributed by atoms with Crippen LogP contribution in [0.3, 0.4) is 0 Å². The van der Waals surface area contributed by atoms with Gasteiger partial charge in [-0.25, -0.2) is 0 Å². The van der Waals surface area contributed by atoms with E-state index >= 15 is 0 Å². The quantitative estimate of drug-likeness (QED) is 0.238. The number of fused-ring (bicyclic) bond motifs is 1. The van der Waals surface area contributed by atoms with E-state index in [0.717, 1.165) is 6.07 Å². The molecule has 2 aromatic carbocycles. The minimum atomic E-state index is -1.77. The van der Waals surface area contributed by atoms with Gasteiger partial charge in [-0.15, -0.1) is 0 Å². The molecule has 34 heavy (non-hydrogen) atoms. The number of rotatable bonds is 5. The zero-order valence-electron chi connectivity index (χ0n) is 17.7. The summed E-state index contributed by atoms with van der Waals surface area (Å²) in [5.41, 5.74) is -0.525. The number of aromatic hydroxyl groups is 3. The van der Waals surface area contributed by atoms with Crippen LogP contribution in [0, 0.1) is 0 Å². The minimum Gasteiger partial charge on any atom is -0.504 e. The molecule has 0 saturated carbocycles. The van der Waals surface area contributed by atoms with Gasteiger partial charge in [0.15, 0.2) is 28.4 Å². The van der Waals surface area contributed by atoms with E-state index in [-0.39, 0.29) is 33.8 Å². The van der Waals surface area contributed by atoms with Crippen molar-refractivity contribution in [1.82, 2.24) is 0 Å². The minimum absolute atomic E-state index is 0.0249. The van der Waals surface area contributed by atoms with Crippen LogP contribution in [0.15, 0.2) is 39.5 Å². The Balaban J connectivity index is 1.78. The highest BCUT2D eigenvalue weighted by Crippen LogP contribution is 2.44. The van der Waals surface area contributed by atoms with Crippen LogP contribution in [0.25, 0.3) is 22.3 Å². The number of aliphatic hydroxyl groups is 4. The largest absolute Gasteiger partial charge is 0.504 e. The van der Waals surface area contributed by atoms with Gasteiger partial charge in [0.2, 0.25) is 12.0 Å². The van der Waals surface area contributed by atoms with E-state index in [1.807, 2.05) is 0 Å². The van der Waals surface area contributed by atoms with Crippen molar-refractivity contribution in [3.05, 3.63) is 40.6 Å². The van der Waals surface area contributed by atoms with E-state index in [1.165, 1.54) is 31.4 Å². The molecular weight excluding hydrogens is 456 g/mol. The van der Waals surface area contributed by atoms with Crippen molar-refractivity contribution in [2.24, 2.45) is 0 Å². The van der Waals surface area contributed by atoms with Gasteiger partial charge < -0.3 is 54.4 Å². The van der Waals surface area contributed by atoms with E-state index in [1.54, 1.807) is 0 Å². The van der Waals surface area contributed by atoms with Gasteiger partial charge in [0.25, 0.3) is 0 Å². The summed E-state index contributed by atoms with van der Waals surface area (Å²) in [5, 5.41) is 69.2. The maximum absolute atomic E-state index is 12.8. The molecule has 1 aliphatic rings. The molecule has 3 aromatic rings. The smallest absolute Gasteiger partial charge is 0.229 e. The highest BCUT2D eigenvalue weighted by Gasteiger charge is 2.45. The monoisotopic (exact) mass is 478 g/mol. The second-order valence-electron chi connectivity index (χ2n) is 7.62. The average molecular weight is 478 g/mol. The molecule has 1 saturated heterocycles. The number of aliphatic hydroxyl groups excluding tert-OH is 4. The molecule has 12 heteroatoms. The lowest BCUT2D eigenvalue weighted by Crippen LogP contribution is -2.60. The predicted molar refractivity (Wildman–Crippen MR) is 114 cm³/mol. The topological polar surface area (TPSA) is 200 Å². The summed E-state index contributed by atoms with van der Waals surface area (Å²) < 4.78 is 21.7. The fourth-order valence-corrected chi connectivity index (χ4v) is 3.63. The molecule has 5 atom stereocenters. The number of hydrogen-bond acceptors (Lipinski definition) is 12. The highest BCUT2D eigenvalue weighted by molar-refractivity contribution is 5.89. The summed E-state index contributed by atoms with van der Waals surface area (Å²) in [6, 6.07) is 6.10. The third-order valence-electron chi connectivity index (χ3n) is 5.48. The van der Waals surface area contributed by atoms with Gasteiger partial charge in [-0.1, -0.05) is 0 Å². The summed E-state index contributed by atoms with van der Waals surface area (Å²) in [6.45, 7) is -0.690. The number of ether oxygens (including phenoxy) is 3. The Morgan fingerprint density at radius 3 is 2.35 bits per heavy atom. The second kappa shape index (κ2) is 9.00. The number of methoxy groups -OCH3 is 1. The first kappa shape index (κ1) is 23.6. The SMILES string of the molecule is COc1cc2oc(-c3ccc(O)c(O)c3)cc(=O)c2c(O)c1O[C@@H]1O[C@H](CO)[C@@H](O)[C@@H](O)[C@H]1O. The molecule has 0 amide bonds. The first-order valence-electron chi connectivity index (χ1n) is 10.0. The van der Waals surface area contributed by atoms with Crippen molar-refractivity contribution < 1.29 is 54.4 Å². The number of phenolic OH excluding ortho intramolecular Hbond substituents is 3. The van der Waals surface area contributed by atoms with Crippen molar-refractivity contribution in [1.29, 1.82) is 0 Å². The van der Waals surface area contributed by atoms with Crippen LogP contribution in [0.1, 0.15) is 0 Å². The van der Waals surface area contributed by atoms with Crippen LogP contribution >= 0.6 is 0 Å². The van der Waals surface area contributed by atoms with Crippen LogP contribution in [-0.4, -0.2) is 80.2 Å². The van der Waals surface area contributed by atoms with Crippen molar-refractivity contribution in [3.63, 3.8) is 0 Å². The molecule has 182 valence electrons. The molecule has 0 spiro atoms. The van der Waals surface area contributed by atoms with Gasteiger partial charge in [0.1, 0.15) is 41.1 Å². The summed E-state index contributed by atoms with van der Waals surface area (Å²) in [4.78, 5) is 12.8. The molecule has 1 fully saturated rings. The lowest BCUT2D eigenvalue weighted by molar-refractivity contribution is -0.277. The molecule has 0 bridgehead atoms. The summed E-state index contributed by atoms with van der Waals surface area (Å²) in [5.74, 6) is -2.01. The fraction of sp³-hybridized carbons (Fsp3) is 0.318. The van der Waals surface area contributed by atoms with Gasteiger partial charge in [0.05, 0.1) is 13.7 Å². The summed E-state index contributed by atoms with van der Waals surface area (Å²) >= 11 is 0. The van der Waals surface area contributed by atoms with Crippen LogP contribution in [0.4, 0.5) is 0 Å². The van der Waals surface area contributed by atoms with Crippen LogP contribution in [0.2, 0.25) is 0 Å². The molecule has 1 aliphatic heterocycles. The maximum Gasteiger partial charge on any atom is 0.229 e. The first-order chi connectivity index (χ1) is 16.2. The molecule has 4 rings (SSSR count). The van der Waals surface area contributed by atoms with Crippen LogP contribution < -0.4 is 14.9 Å². The van der Waals surface area contributed by atoms with E-state index < -0.39 is 60.0 Å². The molecule has 0 unspecified atom stereocenters. The highest BCUT2D eigenvalue weighted by atomic mass is 16.7. The van der Waals surface area contributed by atoms with Gasteiger partial charge in [-0.05, 0) is 18.2 Å². The predicted octanol–water partition coefficient (Wildman–Crippen LogP) is -0.236. The molecule has 2 heterocycles. The third-order valence-corrected chi connectivity index (χ3v) is 5.48. The van der Waals surface area contributed by atoms with Crippen molar-refractivity contribution in [2.75, 3.05) is 13.7 Å². The summed E-state index contributed by atoms with van der Waals surface area (Å²) in [6.07, 6.45) is -8.00. The van der Waals surface area contributed by atoms with E-state index in [0.29, 0.717) is 0 Å². The zero-order valence-corrected chi connectivity index (χ0v) is 17.7. The average Bonchev–Trinajstić information content (AvgIpc) is 2.81. The van der Waals surface area contributed by atoms with Gasteiger partial charge in [-0.2, -0.15) is 0 Å². The Labute approximate surface area is 191 Å². The van der Waals surface area contributed by atoms with E-state index in [4.69, 9.17) is 18.6 Å². The van der Waals surface area contributed by atoms with Crippen molar-refractivity contribution >= 4 is 11.0 Å². The molecule has 7 N–H and O–H groups in total. The molecule has 1 aromatic heterocycles. The van der Waals surface area contributed by atoms with Gasteiger partial charge >= 0.3 is 0 Å². The Kier molecular flexibility index (Phi) is 6.25. The van der Waals surface area contributed by atoms with Crippen molar-refractivity contribution in [2.45, 2.75) is 30.7 Å². The molecule has 0 radical (unpaired) electrons. The van der Waals surface area contributed by atoms with Gasteiger partial charge in [-0.3, -0.25) is 4.79 Å². The Hall–Kier alpha value is -3.55. The second-order valence-corrected chi connectivity index (χ2v) is 7.62. The van der Waals surface area contributed by atoms with E-state index in [9.17, 15) is 40.5 Å². The Bertz CT molecular complexity index is 1270. The standard InChI is InChI=1S/C22H22O12/c1-31-14-6-13-16(11(26)5-12(32-13)8-2-3-9(24)10(25)4-8)18(28)21(14)34-22-20(30)19(29)17(27)15(7-23)33-22/h2-6,15,17,19-20,22-25,27-30H,7H2,1H3/t15-,17-,19-,20-,22+/m1/s1. The summed E-state index contributed by atoms with van der Waals surface area (Å²) in [7, 11) is 1.24. The van der Waals surface area contributed by atoms with Gasteiger partial charge in [0, 0.05) is 17.7 Å². The van der Waals surface area contributed by atoms with Crippen molar-refractivity contribution in [3.8, 4) is 40.1 Å². The third kappa shape index (κ3) is 3.97. The Morgan fingerprint density at radius 1 is 0.971 bits per heavy atom. The first-order valence-corrected chi connectivity index (χ1v) is 10.0. The number of benzene rings is 2. The van der Waals surface area contributed by atoms with Crippen LogP contribution in [0.5, 0.6) is 28.7 Å². The lowest BCUT2D eigenvalue weighted by Gasteiger charge is -2.39. The Morgan fingerprint density at radius 2 is 1.71 bits per heavy atom. The number of hydrogen-bond donors (Lipinski definition) is 7.